The molecule has 0 bridgehead atoms. The Hall–Kier alpha value is -1.76. The fraction of sp³-hybridized carbons (Fsp3) is 0.526. The molecule has 2 heterocycles. The van der Waals surface area contributed by atoms with Gasteiger partial charge >= 0.3 is 5.97 Å². The number of cyclic esters (lactones) is 1. The number of aliphatic hydroxyl groups is 1. The Bertz CT molecular complexity index is 716. The summed E-state index contributed by atoms with van der Waals surface area (Å²) in [5.74, 6) is -0.738. The maximum Gasteiger partial charge on any atom is 0.342 e. The van der Waals surface area contributed by atoms with Crippen molar-refractivity contribution in [2.75, 3.05) is 7.11 Å². The molecule has 4 atom stereocenters. The third-order valence-corrected chi connectivity index (χ3v) is 5.09. The average molecular weight is 383 g/mol. The lowest BCUT2D eigenvalue weighted by atomic mass is 9.98. The van der Waals surface area contributed by atoms with Crippen molar-refractivity contribution in [2.24, 2.45) is 0 Å². The third kappa shape index (κ3) is 4.14. The van der Waals surface area contributed by atoms with Crippen LogP contribution in [0.2, 0.25) is 5.02 Å². The molecule has 1 aromatic carbocycles. The molecule has 1 saturated heterocycles. The van der Waals surface area contributed by atoms with Crippen LogP contribution in [0.1, 0.15) is 42.1 Å². The number of aliphatic hydroxyl groups excluding tert-OH is 1. The molecule has 0 saturated carbocycles. The number of aromatic hydroxyl groups is 1. The Labute approximate surface area is 157 Å². The molecule has 2 aliphatic rings. The highest BCUT2D eigenvalue weighted by Gasteiger charge is 2.39. The van der Waals surface area contributed by atoms with Gasteiger partial charge in [0.2, 0.25) is 0 Å². The third-order valence-electron chi connectivity index (χ3n) is 4.68. The second kappa shape index (κ2) is 7.86. The number of hydrogen-bond donors (Lipinski definition) is 2. The monoisotopic (exact) mass is 382 g/mol. The molecule has 1 aromatic rings. The number of methoxy groups -OCH3 is 1. The van der Waals surface area contributed by atoms with Crippen molar-refractivity contribution in [3.63, 3.8) is 0 Å². The van der Waals surface area contributed by atoms with Gasteiger partial charge in [-0.3, -0.25) is 0 Å². The number of carbonyl (C=O) groups excluding carboxylic acids is 1. The predicted octanol–water partition coefficient (Wildman–Crippen LogP) is 3.01. The van der Waals surface area contributed by atoms with E-state index < -0.39 is 12.1 Å². The average Bonchev–Trinajstić information content (AvgIpc) is 3.31. The quantitative estimate of drug-likeness (QED) is 0.441. The van der Waals surface area contributed by atoms with Crippen molar-refractivity contribution >= 4 is 17.6 Å². The van der Waals surface area contributed by atoms with Gasteiger partial charge < -0.3 is 24.4 Å². The minimum atomic E-state index is -0.859. The normalized spacial score (nSPS) is 30.4. The SMILES string of the molecule is COc1cc(O)c2c(c1Cl)C[C@H](O)/C=C/CC[C@@H]1O[C@H]1C[C@@H](C)OC2=O. The number of carbonyl (C=O) groups is 1. The molecule has 0 amide bonds. The number of phenolic OH excluding ortho intramolecular Hbond substituents is 1. The van der Waals surface area contributed by atoms with Crippen molar-refractivity contribution in [1.82, 2.24) is 0 Å². The zero-order valence-corrected chi connectivity index (χ0v) is 15.5. The van der Waals surface area contributed by atoms with Crippen LogP contribution in [0.4, 0.5) is 0 Å². The summed E-state index contributed by atoms with van der Waals surface area (Å²) in [5, 5.41) is 20.8. The van der Waals surface area contributed by atoms with Gasteiger partial charge in [-0.05, 0) is 25.3 Å². The number of fused-ring (bicyclic) bond motifs is 2. The molecule has 1 fully saturated rings. The molecule has 2 N–H and O–H groups in total. The first-order chi connectivity index (χ1) is 12.4. The molecule has 0 unspecified atom stereocenters. The van der Waals surface area contributed by atoms with Crippen LogP contribution < -0.4 is 4.74 Å². The first-order valence-corrected chi connectivity index (χ1v) is 9.08. The lowest BCUT2D eigenvalue weighted by Crippen LogP contribution is -2.20. The summed E-state index contributed by atoms with van der Waals surface area (Å²) < 4.78 is 16.2. The number of epoxide rings is 1. The summed E-state index contributed by atoms with van der Waals surface area (Å²) in [6.45, 7) is 1.79. The van der Waals surface area contributed by atoms with Gasteiger partial charge in [-0.2, -0.15) is 0 Å². The minimum absolute atomic E-state index is 0.0413. The zero-order chi connectivity index (χ0) is 18.8. The summed E-state index contributed by atoms with van der Waals surface area (Å²) in [6.07, 6.45) is 4.88. The smallest absolute Gasteiger partial charge is 0.342 e. The van der Waals surface area contributed by atoms with Crippen LogP contribution in [0.25, 0.3) is 0 Å². The van der Waals surface area contributed by atoms with E-state index in [1.165, 1.54) is 13.2 Å². The Morgan fingerprint density at radius 2 is 2.12 bits per heavy atom. The van der Waals surface area contributed by atoms with E-state index in [0.29, 0.717) is 12.0 Å². The van der Waals surface area contributed by atoms with Gasteiger partial charge in [-0.15, -0.1) is 0 Å². The molecular weight excluding hydrogens is 360 g/mol. The lowest BCUT2D eigenvalue weighted by Gasteiger charge is -2.19. The number of esters is 1. The fourth-order valence-electron chi connectivity index (χ4n) is 3.29. The van der Waals surface area contributed by atoms with E-state index in [0.717, 1.165) is 12.8 Å². The van der Waals surface area contributed by atoms with E-state index >= 15 is 0 Å². The molecule has 3 rings (SSSR count). The zero-order valence-electron chi connectivity index (χ0n) is 14.8. The second-order valence-corrected chi connectivity index (χ2v) is 7.09. The number of benzene rings is 1. The summed E-state index contributed by atoms with van der Waals surface area (Å²) >= 11 is 6.35. The molecule has 2 aliphatic heterocycles. The number of ether oxygens (including phenoxy) is 3. The second-order valence-electron chi connectivity index (χ2n) is 6.71. The summed E-state index contributed by atoms with van der Waals surface area (Å²) in [7, 11) is 1.42. The summed E-state index contributed by atoms with van der Waals surface area (Å²) in [6, 6.07) is 1.28. The number of allylic oxidation sites excluding steroid dienone is 1. The first-order valence-electron chi connectivity index (χ1n) is 8.70. The minimum Gasteiger partial charge on any atom is -0.507 e. The van der Waals surface area contributed by atoms with Gasteiger partial charge in [0.25, 0.3) is 0 Å². The molecule has 6 nitrogen and oxygen atoms in total. The summed E-state index contributed by atoms with van der Waals surface area (Å²) in [5.41, 5.74) is 0.260. The molecule has 0 radical (unpaired) electrons. The number of phenols is 1. The van der Waals surface area contributed by atoms with Gasteiger partial charge in [0, 0.05) is 18.9 Å². The molecule has 0 aliphatic carbocycles. The Kier molecular flexibility index (Phi) is 5.75. The van der Waals surface area contributed by atoms with E-state index in [1.54, 1.807) is 13.0 Å². The lowest BCUT2D eigenvalue weighted by molar-refractivity contribution is 0.0305. The van der Waals surface area contributed by atoms with E-state index in [9.17, 15) is 15.0 Å². The predicted molar refractivity (Wildman–Crippen MR) is 95.9 cm³/mol. The van der Waals surface area contributed by atoms with Crippen LogP contribution in [0.5, 0.6) is 11.5 Å². The molecule has 0 spiro atoms. The van der Waals surface area contributed by atoms with Crippen molar-refractivity contribution in [2.45, 2.75) is 57.0 Å². The van der Waals surface area contributed by atoms with Crippen LogP contribution in [-0.4, -0.2) is 47.7 Å². The van der Waals surface area contributed by atoms with Crippen LogP contribution in [0, 0.1) is 0 Å². The largest absolute Gasteiger partial charge is 0.507 e. The van der Waals surface area contributed by atoms with Crippen molar-refractivity contribution < 1.29 is 29.2 Å². The van der Waals surface area contributed by atoms with Crippen LogP contribution in [0.15, 0.2) is 18.2 Å². The van der Waals surface area contributed by atoms with Gasteiger partial charge in [-0.1, -0.05) is 23.8 Å². The Balaban J connectivity index is 1.98. The highest BCUT2D eigenvalue weighted by atomic mass is 35.5. The van der Waals surface area contributed by atoms with Crippen molar-refractivity contribution in [3.8, 4) is 11.5 Å². The topological polar surface area (TPSA) is 88.5 Å². The van der Waals surface area contributed by atoms with Gasteiger partial charge in [-0.25, -0.2) is 4.79 Å². The number of hydrogen-bond acceptors (Lipinski definition) is 6. The van der Waals surface area contributed by atoms with E-state index in [-0.39, 0.29) is 46.8 Å². The van der Waals surface area contributed by atoms with E-state index in [1.807, 2.05) is 6.08 Å². The Morgan fingerprint density at radius 1 is 1.35 bits per heavy atom. The fourth-order valence-corrected chi connectivity index (χ4v) is 3.59. The van der Waals surface area contributed by atoms with Crippen molar-refractivity contribution in [1.29, 1.82) is 0 Å². The molecular formula is C19H23ClO6. The molecule has 26 heavy (non-hydrogen) atoms. The highest BCUT2D eigenvalue weighted by Crippen LogP contribution is 2.39. The molecule has 0 aromatic heterocycles. The standard InChI is InChI=1S/C19H23ClO6/c1-10-7-15-14(26-15)6-4-3-5-11(21)8-12-17(19(23)25-10)13(22)9-16(24-2)18(12)20/h3,5,9-11,14-15,21-22H,4,6-8H2,1-2H3/b5-3+/t10-,11-,14+,15+/m1/s1. The van der Waals surface area contributed by atoms with E-state index in [4.69, 9.17) is 25.8 Å². The van der Waals surface area contributed by atoms with E-state index in [2.05, 4.69) is 0 Å². The number of halogens is 1. The first kappa shape index (κ1) is 19.0. The van der Waals surface area contributed by atoms with Gasteiger partial charge in [0.1, 0.15) is 23.2 Å². The van der Waals surface area contributed by atoms with Gasteiger partial charge in [0.05, 0.1) is 30.4 Å². The van der Waals surface area contributed by atoms with Gasteiger partial charge in [0.15, 0.2) is 0 Å². The Morgan fingerprint density at radius 3 is 2.85 bits per heavy atom. The summed E-state index contributed by atoms with van der Waals surface area (Å²) in [4.78, 5) is 12.7. The van der Waals surface area contributed by atoms with Crippen LogP contribution in [0.3, 0.4) is 0 Å². The maximum atomic E-state index is 12.7. The maximum absolute atomic E-state index is 12.7. The van der Waals surface area contributed by atoms with Crippen molar-refractivity contribution in [3.05, 3.63) is 34.4 Å². The number of rotatable bonds is 1. The van der Waals surface area contributed by atoms with Crippen LogP contribution in [-0.2, 0) is 15.9 Å². The highest BCUT2D eigenvalue weighted by molar-refractivity contribution is 6.33. The molecule has 142 valence electrons. The molecule has 7 heteroatoms. The van der Waals surface area contributed by atoms with Crippen LogP contribution >= 0.6 is 11.6 Å².